The molecule has 1 atom stereocenters. The van der Waals surface area contributed by atoms with Gasteiger partial charge in [-0.3, -0.25) is 15.1 Å². The average molecular weight is 663 g/mol. The average Bonchev–Trinajstić information content (AvgIpc) is 3.64. The molecule has 0 aliphatic heterocycles. The smallest absolute Gasteiger partial charge is 0.414 e. The first-order valence-corrected chi connectivity index (χ1v) is 13.4. The Morgan fingerprint density at radius 1 is 1.05 bits per heavy atom. The summed E-state index contributed by atoms with van der Waals surface area (Å²) in [7, 11) is 0. The summed E-state index contributed by atoms with van der Waals surface area (Å²) in [6.45, 7) is 1.73. The number of hydrogen-bond acceptors (Lipinski definition) is 5. The van der Waals surface area contributed by atoms with Crippen LogP contribution in [-0.2, 0) is 18.6 Å². The molecule has 0 bridgehead atoms. The first kappa shape index (κ1) is 26.5. The highest BCUT2D eigenvalue weighted by Gasteiger charge is 2.51. The molecule has 2 heterocycles. The number of amides is 1. The number of anilines is 1. The second-order valence-electron chi connectivity index (χ2n) is 9.03. The molecule has 2 aromatic carbocycles. The van der Waals surface area contributed by atoms with Gasteiger partial charge >= 0.3 is 12.1 Å². The summed E-state index contributed by atoms with van der Waals surface area (Å²) < 4.78 is 6.08. The van der Waals surface area contributed by atoms with Crippen LogP contribution in [0.3, 0.4) is 0 Å². The van der Waals surface area contributed by atoms with Crippen LogP contribution in [0.5, 0.6) is 0 Å². The number of halogens is 3. The molecule has 0 saturated heterocycles. The van der Waals surface area contributed by atoms with E-state index in [9.17, 15) is 14.7 Å². The first-order valence-electron chi connectivity index (χ1n) is 11.6. The van der Waals surface area contributed by atoms with Crippen molar-refractivity contribution in [2.45, 2.75) is 28.8 Å². The molecule has 1 amide bonds. The highest BCUT2D eigenvalue weighted by molar-refractivity contribution is 14.1. The molecule has 2 N–H and O–H groups in total. The first-order chi connectivity index (χ1) is 18.1. The van der Waals surface area contributed by atoms with E-state index in [2.05, 4.69) is 15.4 Å². The molecule has 0 radical (unpaired) electrons. The third-order valence-corrected chi connectivity index (χ3v) is 7.88. The number of alkyl halides is 1. The SMILES string of the molecule is C[C@](I)(OC(=O)Nc1c(Cl)cnn1-c1ccc(-c2ccc(C3(C(=O)O)CC3)cc2)nc1)c1ccccc1Cl. The van der Waals surface area contributed by atoms with Gasteiger partial charge in [-0.1, -0.05) is 65.7 Å². The predicted octanol–water partition coefficient (Wildman–Crippen LogP) is 7.21. The number of nitrogens with one attached hydrogen (secondary N) is 1. The number of hydrogen-bond donors (Lipinski definition) is 2. The van der Waals surface area contributed by atoms with Crippen molar-refractivity contribution < 1.29 is 19.4 Å². The van der Waals surface area contributed by atoms with E-state index in [1.54, 1.807) is 37.4 Å². The van der Waals surface area contributed by atoms with Crippen molar-refractivity contribution in [2.24, 2.45) is 0 Å². The molecule has 5 rings (SSSR count). The van der Waals surface area contributed by atoms with E-state index >= 15 is 0 Å². The fourth-order valence-electron chi connectivity index (χ4n) is 4.20. The number of nitrogens with zero attached hydrogens (tertiary/aromatic N) is 3. The zero-order valence-corrected chi connectivity index (χ0v) is 23.7. The molecule has 1 aliphatic carbocycles. The lowest BCUT2D eigenvalue weighted by molar-refractivity contribution is -0.140. The lowest BCUT2D eigenvalue weighted by Crippen LogP contribution is -2.27. The molecule has 0 spiro atoms. The zero-order chi connectivity index (χ0) is 27.1. The van der Waals surface area contributed by atoms with Crippen molar-refractivity contribution >= 4 is 63.7 Å². The van der Waals surface area contributed by atoms with E-state index < -0.39 is 21.1 Å². The van der Waals surface area contributed by atoms with Crippen LogP contribution in [-0.4, -0.2) is 31.9 Å². The monoisotopic (exact) mass is 662 g/mol. The normalized spacial score (nSPS) is 15.4. The Morgan fingerprint density at radius 3 is 2.37 bits per heavy atom. The Morgan fingerprint density at radius 2 is 1.76 bits per heavy atom. The summed E-state index contributed by atoms with van der Waals surface area (Å²) in [5.74, 6) is -0.559. The molecule has 11 heteroatoms. The van der Waals surface area contributed by atoms with Crippen molar-refractivity contribution in [3.63, 3.8) is 0 Å². The van der Waals surface area contributed by atoms with Gasteiger partial charge in [0.15, 0.2) is 9.43 Å². The summed E-state index contributed by atoms with van der Waals surface area (Å²) in [5, 5.41) is 17.2. The highest BCUT2D eigenvalue weighted by atomic mass is 127. The van der Waals surface area contributed by atoms with Crippen molar-refractivity contribution in [3.05, 3.63) is 94.2 Å². The second-order valence-corrected chi connectivity index (χ2v) is 11.9. The molecular formula is C27H21Cl2IN4O4. The van der Waals surface area contributed by atoms with Gasteiger partial charge in [-0.25, -0.2) is 9.48 Å². The zero-order valence-electron chi connectivity index (χ0n) is 20.0. The second kappa shape index (κ2) is 10.2. The quantitative estimate of drug-likeness (QED) is 0.160. The fraction of sp³-hybridized carbons (Fsp3) is 0.185. The lowest BCUT2D eigenvalue weighted by Gasteiger charge is -2.24. The lowest BCUT2D eigenvalue weighted by atomic mass is 9.95. The van der Waals surface area contributed by atoms with E-state index in [0.29, 0.717) is 34.8 Å². The molecule has 1 saturated carbocycles. The highest BCUT2D eigenvalue weighted by Crippen LogP contribution is 2.48. The number of rotatable bonds is 7. The molecule has 1 aliphatic rings. The van der Waals surface area contributed by atoms with Crippen LogP contribution >= 0.6 is 45.8 Å². The van der Waals surface area contributed by atoms with Gasteiger partial charge in [0.25, 0.3) is 0 Å². The maximum Gasteiger partial charge on any atom is 0.414 e. The number of aromatic nitrogens is 3. The van der Waals surface area contributed by atoms with Crippen LogP contribution in [0.1, 0.15) is 30.9 Å². The Kier molecular flexibility index (Phi) is 7.10. The fourth-order valence-corrected chi connectivity index (χ4v) is 5.52. The summed E-state index contributed by atoms with van der Waals surface area (Å²) >= 11 is 14.6. The molecule has 0 unspecified atom stereocenters. The van der Waals surface area contributed by atoms with Gasteiger partial charge in [0.1, 0.15) is 5.02 Å². The topological polar surface area (TPSA) is 106 Å². The van der Waals surface area contributed by atoms with E-state index in [-0.39, 0.29) is 10.8 Å². The van der Waals surface area contributed by atoms with Crippen LogP contribution in [0.4, 0.5) is 10.6 Å². The van der Waals surface area contributed by atoms with Crippen LogP contribution in [0.15, 0.2) is 73.1 Å². The largest absolute Gasteiger partial charge is 0.481 e. The van der Waals surface area contributed by atoms with Crippen molar-refractivity contribution in [2.75, 3.05) is 5.32 Å². The van der Waals surface area contributed by atoms with E-state index in [0.717, 1.165) is 11.1 Å². The third-order valence-electron chi connectivity index (χ3n) is 6.47. The van der Waals surface area contributed by atoms with Gasteiger partial charge in [0, 0.05) is 16.1 Å². The van der Waals surface area contributed by atoms with Gasteiger partial charge in [-0.2, -0.15) is 5.10 Å². The minimum Gasteiger partial charge on any atom is -0.481 e. The van der Waals surface area contributed by atoms with Crippen LogP contribution in [0, 0.1) is 0 Å². The van der Waals surface area contributed by atoms with Crippen LogP contribution in [0.25, 0.3) is 16.9 Å². The molecule has 8 nitrogen and oxygen atoms in total. The summed E-state index contributed by atoms with van der Waals surface area (Å²) in [4.78, 5) is 28.9. The standard InChI is InChI=1S/C27H21Cl2IN4O4/c1-26(30,19-4-2-3-5-20(19)28)38-25(37)33-23-21(29)15-32-34(23)18-10-11-22(31-14-18)16-6-8-17(9-7-16)27(12-13-27)24(35)36/h2-11,14-15H,12-13H2,1H3,(H,33,37)(H,35,36)/t26-/m0/s1. The number of carbonyl (C=O) groups is 2. The van der Waals surface area contributed by atoms with Gasteiger partial charge in [0.2, 0.25) is 0 Å². The van der Waals surface area contributed by atoms with E-state index in [4.69, 9.17) is 27.9 Å². The molecule has 38 heavy (non-hydrogen) atoms. The molecule has 194 valence electrons. The summed E-state index contributed by atoms with van der Waals surface area (Å²) in [5.41, 5.74) is 2.83. The minimum atomic E-state index is -1.03. The minimum absolute atomic E-state index is 0.224. The molecule has 4 aromatic rings. The Bertz CT molecular complexity index is 1520. The van der Waals surface area contributed by atoms with Gasteiger partial charge in [-0.15, -0.1) is 0 Å². The maximum atomic E-state index is 12.8. The third kappa shape index (κ3) is 5.10. The summed E-state index contributed by atoms with van der Waals surface area (Å²) in [6, 6.07) is 18.2. The van der Waals surface area contributed by atoms with Crippen LogP contribution in [0.2, 0.25) is 10.0 Å². The molecule has 2 aromatic heterocycles. The van der Waals surface area contributed by atoms with E-state index in [1.807, 2.05) is 59.0 Å². The van der Waals surface area contributed by atoms with Gasteiger partial charge in [-0.05, 0) is 66.1 Å². The maximum absolute atomic E-state index is 12.8. The number of aliphatic carboxylic acids is 1. The summed E-state index contributed by atoms with van der Waals surface area (Å²) in [6.07, 6.45) is 3.60. The van der Waals surface area contributed by atoms with Gasteiger partial charge in [0.05, 0.1) is 29.2 Å². The molecule has 1 fully saturated rings. The predicted molar refractivity (Wildman–Crippen MR) is 153 cm³/mol. The molecular weight excluding hydrogens is 642 g/mol. The number of benzene rings is 2. The Balaban J connectivity index is 1.32. The number of ether oxygens (including phenoxy) is 1. The number of pyridine rings is 1. The van der Waals surface area contributed by atoms with Crippen molar-refractivity contribution in [1.29, 1.82) is 0 Å². The van der Waals surface area contributed by atoms with Crippen molar-refractivity contribution in [3.8, 4) is 16.9 Å². The number of carboxylic acid groups (broad SMARTS) is 1. The Hall–Kier alpha value is -3.15. The van der Waals surface area contributed by atoms with E-state index in [1.165, 1.54) is 10.9 Å². The van der Waals surface area contributed by atoms with Gasteiger partial charge < -0.3 is 9.84 Å². The van der Waals surface area contributed by atoms with Crippen LogP contribution < -0.4 is 5.32 Å². The number of carboxylic acids is 1. The number of carbonyl (C=O) groups excluding carboxylic acids is 1. The van der Waals surface area contributed by atoms with Crippen molar-refractivity contribution in [1.82, 2.24) is 14.8 Å². The Labute approximate surface area is 242 Å².